The molecule has 5 heterocycles. The third kappa shape index (κ3) is 4.44. The average molecular weight is 575 g/mol. The Labute approximate surface area is 239 Å². The standard InChI is InChI=1S/C29H28ClFN8O2/c1-15-28(34-27-26(32-15)25(35-36-27)18-9-10-20-19(23(18)30)13-38(2)37-20)39-17-8-11-22(39)24(31)21(12-17)33-29(40)41-14-16-6-4-3-5-7-16/h3-7,9-10,13,17,21-22,24H,8,11-12,14H2,1-2H3,(H,33,40)(H,34,35,36)/t17-,21-,22+,24-/m0/s1. The number of ether oxygens (including phenoxy) is 1. The fourth-order valence-electron chi connectivity index (χ4n) is 6.24. The summed E-state index contributed by atoms with van der Waals surface area (Å²) in [6.45, 7) is 2.01. The summed E-state index contributed by atoms with van der Waals surface area (Å²) in [5.41, 5.74) is 4.78. The Kier molecular flexibility index (Phi) is 6.26. The van der Waals surface area contributed by atoms with E-state index in [2.05, 4.69) is 20.6 Å². The lowest BCUT2D eigenvalue weighted by Gasteiger charge is -2.42. The number of aromatic nitrogens is 6. The number of hydrogen-bond donors (Lipinski definition) is 2. The monoisotopic (exact) mass is 574 g/mol. The number of benzene rings is 2. The van der Waals surface area contributed by atoms with E-state index in [4.69, 9.17) is 26.3 Å². The van der Waals surface area contributed by atoms with Gasteiger partial charge in [0.25, 0.3) is 0 Å². The van der Waals surface area contributed by atoms with Crippen LogP contribution >= 0.6 is 11.6 Å². The van der Waals surface area contributed by atoms with Gasteiger partial charge in [-0.1, -0.05) is 41.9 Å². The van der Waals surface area contributed by atoms with E-state index in [1.165, 1.54) is 0 Å². The second-order valence-electron chi connectivity index (χ2n) is 10.8. The maximum absolute atomic E-state index is 15.8. The van der Waals surface area contributed by atoms with Crippen molar-refractivity contribution >= 4 is 45.6 Å². The van der Waals surface area contributed by atoms with E-state index in [1.54, 1.807) is 4.68 Å². The Morgan fingerprint density at radius 2 is 2.02 bits per heavy atom. The number of alkyl halides is 1. The van der Waals surface area contributed by atoms with Crippen molar-refractivity contribution in [2.45, 2.75) is 57.1 Å². The number of hydrogen-bond acceptors (Lipinski definition) is 7. The molecule has 5 aromatic rings. The van der Waals surface area contributed by atoms with Gasteiger partial charge in [-0.15, -0.1) is 0 Å². The van der Waals surface area contributed by atoms with Crippen LogP contribution in [0.1, 0.15) is 30.5 Å². The molecule has 3 aromatic heterocycles. The minimum atomic E-state index is -1.28. The van der Waals surface area contributed by atoms with Crippen molar-refractivity contribution in [2.75, 3.05) is 4.90 Å². The quantitative estimate of drug-likeness (QED) is 0.295. The predicted octanol–water partition coefficient (Wildman–Crippen LogP) is 5.24. The number of fused-ring (bicyclic) bond motifs is 4. The van der Waals surface area contributed by atoms with Gasteiger partial charge in [-0.3, -0.25) is 9.78 Å². The van der Waals surface area contributed by atoms with Crippen LogP contribution < -0.4 is 10.2 Å². The lowest BCUT2D eigenvalue weighted by atomic mass is 9.95. The van der Waals surface area contributed by atoms with E-state index >= 15 is 4.39 Å². The van der Waals surface area contributed by atoms with Crippen LogP contribution in [0.5, 0.6) is 0 Å². The largest absolute Gasteiger partial charge is 0.445 e. The van der Waals surface area contributed by atoms with E-state index in [-0.39, 0.29) is 12.6 Å². The van der Waals surface area contributed by atoms with Crippen molar-refractivity contribution in [3.8, 4) is 11.3 Å². The lowest BCUT2D eigenvalue weighted by molar-refractivity contribution is 0.117. The SMILES string of the molecule is Cc1nc2c(-c3ccc4nn(C)cc4c3Cl)n[nH]c2nc1N1[C@H]2CC[C@@H]1[C@@H](F)[C@@H](NC(=O)OCc1ccccc1)C2. The molecule has 12 heteroatoms. The van der Waals surface area contributed by atoms with Crippen molar-refractivity contribution in [1.82, 2.24) is 35.3 Å². The van der Waals surface area contributed by atoms with Crippen LogP contribution in [-0.2, 0) is 18.4 Å². The van der Waals surface area contributed by atoms with Crippen molar-refractivity contribution < 1.29 is 13.9 Å². The van der Waals surface area contributed by atoms with Crippen LogP contribution in [0.25, 0.3) is 33.3 Å². The molecule has 2 fully saturated rings. The minimum Gasteiger partial charge on any atom is -0.445 e. The summed E-state index contributed by atoms with van der Waals surface area (Å²) in [5, 5.41) is 16.1. The minimum absolute atomic E-state index is 0.0155. The number of nitrogens with one attached hydrogen (secondary N) is 2. The molecule has 210 valence electrons. The number of amides is 1. The number of nitrogens with zero attached hydrogens (tertiary/aromatic N) is 6. The molecule has 2 N–H and O–H groups in total. The Morgan fingerprint density at radius 3 is 2.85 bits per heavy atom. The van der Waals surface area contributed by atoms with Crippen LogP contribution in [0.2, 0.25) is 5.02 Å². The van der Waals surface area contributed by atoms with Gasteiger partial charge in [-0.25, -0.2) is 19.2 Å². The molecule has 4 atom stereocenters. The Hall–Kier alpha value is -4.25. The van der Waals surface area contributed by atoms with Crippen molar-refractivity contribution in [3.63, 3.8) is 0 Å². The topological polar surface area (TPSA) is 114 Å². The predicted molar refractivity (Wildman–Crippen MR) is 153 cm³/mol. The van der Waals surface area contributed by atoms with Crippen LogP contribution in [0, 0.1) is 6.92 Å². The third-order valence-electron chi connectivity index (χ3n) is 8.12. The first-order valence-electron chi connectivity index (χ1n) is 13.6. The zero-order valence-electron chi connectivity index (χ0n) is 22.5. The zero-order chi connectivity index (χ0) is 28.2. The highest BCUT2D eigenvalue weighted by atomic mass is 35.5. The number of alkyl carbamates (subject to hydrolysis) is 1. The zero-order valence-corrected chi connectivity index (χ0v) is 23.3. The molecule has 41 heavy (non-hydrogen) atoms. The smallest absolute Gasteiger partial charge is 0.407 e. The van der Waals surface area contributed by atoms with Gasteiger partial charge in [0.1, 0.15) is 24.0 Å². The Morgan fingerprint density at radius 1 is 1.20 bits per heavy atom. The first kappa shape index (κ1) is 25.7. The maximum atomic E-state index is 15.8. The van der Waals surface area contributed by atoms with Gasteiger partial charge in [0, 0.05) is 30.2 Å². The summed E-state index contributed by atoms with van der Waals surface area (Å²) in [6, 6.07) is 12.1. The summed E-state index contributed by atoms with van der Waals surface area (Å²) >= 11 is 6.76. The molecule has 2 saturated heterocycles. The molecule has 2 aromatic carbocycles. The highest BCUT2D eigenvalue weighted by Crippen LogP contribution is 2.42. The molecule has 0 saturated carbocycles. The number of rotatable bonds is 5. The molecule has 0 unspecified atom stereocenters. The van der Waals surface area contributed by atoms with Crippen LogP contribution in [0.4, 0.5) is 15.0 Å². The fourth-order valence-corrected chi connectivity index (χ4v) is 6.54. The van der Waals surface area contributed by atoms with Gasteiger partial charge < -0.3 is 15.0 Å². The van der Waals surface area contributed by atoms with Gasteiger partial charge in [-0.2, -0.15) is 10.2 Å². The normalized spacial score (nSPS) is 22.0. The summed E-state index contributed by atoms with van der Waals surface area (Å²) < 4.78 is 22.9. The number of halogens is 2. The molecule has 0 spiro atoms. The highest BCUT2D eigenvalue weighted by molar-refractivity contribution is 6.38. The van der Waals surface area contributed by atoms with Crippen molar-refractivity contribution in [3.05, 3.63) is 64.9 Å². The van der Waals surface area contributed by atoms with Gasteiger partial charge in [0.05, 0.1) is 28.3 Å². The summed E-state index contributed by atoms with van der Waals surface area (Å²) in [6.07, 6.45) is 1.90. The fraction of sp³-hybridized carbons (Fsp3) is 0.345. The van der Waals surface area contributed by atoms with Gasteiger partial charge in [0.15, 0.2) is 11.5 Å². The van der Waals surface area contributed by atoms with Gasteiger partial charge in [-0.05, 0) is 43.9 Å². The van der Waals surface area contributed by atoms with Gasteiger partial charge in [0.2, 0.25) is 0 Å². The van der Waals surface area contributed by atoms with E-state index < -0.39 is 24.3 Å². The summed E-state index contributed by atoms with van der Waals surface area (Å²) in [5.74, 6) is 0.627. The van der Waals surface area contributed by atoms with Crippen molar-refractivity contribution in [2.24, 2.45) is 7.05 Å². The average Bonchev–Trinajstić information content (AvgIpc) is 3.65. The van der Waals surface area contributed by atoms with Crippen LogP contribution in [0.3, 0.4) is 0 Å². The van der Waals surface area contributed by atoms with E-state index in [9.17, 15) is 4.79 Å². The second kappa shape index (κ2) is 9.99. The molecule has 0 radical (unpaired) electrons. The lowest BCUT2D eigenvalue weighted by Crippen LogP contribution is -2.58. The van der Waals surface area contributed by atoms with Crippen molar-refractivity contribution in [1.29, 1.82) is 0 Å². The second-order valence-corrected chi connectivity index (χ2v) is 11.1. The Bertz CT molecular complexity index is 1770. The molecule has 10 nitrogen and oxygen atoms in total. The molecular weight excluding hydrogens is 547 g/mol. The highest BCUT2D eigenvalue weighted by Gasteiger charge is 2.49. The molecule has 0 aliphatic carbocycles. The number of piperidine rings is 1. The summed E-state index contributed by atoms with van der Waals surface area (Å²) in [4.78, 5) is 24.2. The number of carbonyl (C=O) groups excluding carboxylic acids is 1. The molecule has 2 aliphatic rings. The molecule has 2 aliphatic heterocycles. The molecule has 2 bridgehead atoms. The van der Waals surface area contributed by atoms with E-state index in [0.717, 1.165) is 28.5 Å². The number of aryl methyl sites for hydroxylation is 2. The van der Waals surface area contributed by atoms with E-state index in [0.29, 0.717) is 46.2 Å². The Balaban J connectivity index is 1.12. The molecule has 7 rings (SSSR count). The number of aromatic amines is 1. The number of H-pyrrole nitrogens is 1. The molecular formula is C29H28ClFN8O2. The van der Waals surface area contributed by atoms with Crippen LogP contribution in [0.15, 0.2) is 48.7 Å². The van der Waals surface area contributed by atoms with E-state index in [1.807, 2.05) is 67.5 Å². The first-order chi connectivity index (χ1) is 19.9. The van der Waals surface area contributed by atoms with Gasteiger partial charge >= 0.3 is 6.09 Å². The third-order valence-corrected chi connectivity index (χ3v) is 8.53. The van der Waals surface area contributed by atoms with Crippen LogP contribution in [-0.4, -0.2) is 60.3 Å². The first-order valence-corrected chi connectivity index (χ1v) is 14.0. The number of anilines is 1. The number of carbonyl (C=O) groups is 1. The summed E-state index contributed by atoms with van der Waals surface area (Å²) in [7, 11) is 1.85. The molecule has 1 amide bonds. The maximum Gasteiger partial charge on any atom is 0.407 e.